The van der Waals surface area contributed by atoms with Gasteiger partial charge in [0.05, 0.1) is 6.61 Å². The molecule has 6 nitrogen and oxygen atoms in total. The van der Waals surface area contributed by atoms with Crippen molar-refractivity contribution in [2.24, 2.45) is 0 Å². The van der Waals surface area contributed by atoms with Crippen LogP contribution < -0.4 is 4.74 Å². The molecule has 1 aromatic rings. The third-order valence-corrected chi connectivity index (χ3v) is 2.53. The highest BCUT2D eigenvalue weighted by Crippen LogP contribution is 2.07. The lowest BCUT2D eigenvalue weighted by Gasteiger charge is -2.18. The minimum atomic E-state index is -1.03. The van der Waals surface area contributed by atoms with Crippen LogP contribution in [0.15, 0.2) is 30.3 Å². The molecule has 0 radical (unpaired) electrons. The van der Waals surface area contributed by atoms with Crippen LogP contribution in [0.4, 0.5) is 0 Å². The highest BCUT2D eigenvalue weighted by atomic mass is 16.5. The zero-order valence-electron chi connectivity index (χ0n) is 11.4. The van der Waals surface area contributed by atoms with Gasteiger partial charge in [-0.3, -0.25) is 9.59 Å². The van der Waals surface area contributed by atoms with E-state index >= 15 is 0 Å². The van der Waals surface area contributed by atoms with Gasteiger partial charge in [-0.2, -0.15) is 0 Å². The summed E-state index contributed by atoms with van der Waals surface area (Å²) in [6, 6.07) is 9.28. The van der Waals surface area contributed by atoms with E-state index in [1.165, 1.54) is 4.90 Å². The lowest BCUT2D eigenvalue weighted by Crippen LogP contribution is -2.38. The van der Waals surface area contributed by atoms with Crippen molar-refractivity contribution in [1.82, 2.24) is 4.90 Å². The van der Waals surface area contributed by atoms with Crippen molar-refractivity contribution in [1.29, 1.82) is 0 Å². The van der Waals surface area contributed by atoms with Crippen molar-refractivity contribution >= 4 is 11.9 Å². The molecule has 0 atom stereocenters. The van der Waals surface area contributed by atoms with Gasteiger partial charge in [0.25, 0.3) is 0 Å². The zero-order valence-corrected chi connectivity index (χ0v) is 11.4. The maximum absolute atomic E-state index is 11.6. The molecule has 1 rings (SSSR count). The number of rotatable bonds is 9. The molecule has 0 saturated heterocycles. The van der Waals surface area contributed by atoms with E-state index in [1.807, 2.05) is 30.3 Å². The molecular weight excluding hydrogens is 262 g/mol. The van der Waals surface area contributed by atoms with Crippen molar-refractivity contribution in [3.05, 3.63) is 30.3 Å². The number of aliphatic carboxylic acids is 1. The van der Waals surface area contributed by atoms with Gasteiger partial charge < -0.3 is 19.5 Å². The molecule has 1 aromatic carbocycles. The Bertz CT molecular complexity index is 421. The molecule has 0 aliphatic rings. The Balaban J connectivity index is 2.17. The normalized spacial score (nSPS) is 10.1. The van der Waals surface area contributed by atoms with Crippen LogP contribution in [-0.4, -0.2) is 54.8 Å². The van der Waals surface area contributed by atoms with Crippen LogP contribution in [0.1, 0.15) is 6.92 Å². The van der Waals surface area contributed by atoms with Crippen LogP contribution in [0.25, 0.3) is 0 Å². The number of hydrogen-bond acceptors (Lipinski definition) is 4. The second kappa shape index (κ2) is 8.92. The molecule has 0 fully saturated rings. The predicted molar refractivity (Wildman–Crippen MR) is 72.6 cm³/mol. The fourth-order valence-corrected chi connectivity index (χ4v) is 1.53. The summed E-state index contributed by atoms with van der Waals surface area (Å²) in [6.45, 7) is 2.22. The standard InChI is InChI=1S/C14H19NO5/c1-2-15(10-14(17)18)13(16)11-19-8-9-20-12-6-4-3-5-7-12/h3-7H,2,8-11H2,1H3,(H,17,18). The van der Waals surface area contributed by atoms with Crippen molar-refractivity contribution < 1.29 is 24.2 Å². The van der Waals surface area contributed by atoms with Crippen molar-refractivity contribution in [3.63, 3.8) is 0 Å². The maximum Gasteiger partial charge on any atom is 0.323 e. The van der Waals surface area contributed by atoms with E-state index in [9.17, 15) is 9.59 Å². The third kappa shape index (κ3) is 6.19. The topological polar surface area (TPSA) is 76.1 Å². The number of benzene rings is 1. The lowest BCUT2D eigenvalue weighted by molar-refractivity contribution is -0.146. The van der Waals surface area contributed by atoms with Gasteiger partial charge in [-0.25, -0.2) is 0 Å². The molecule has 1 amide bonds. The Hall–Kier alpha value is -2.08. The quantitative estimate of drug-likeness (QED) is 0.684. The first kappa shape index (κ1) is 16.0. The fourth-order valence-electron chi connectivity index (χ4n) is 1.53. The van der Waals surface area contributed by atoms with Crippen molar-refractivity contribution in [2.45, 2.75) is 6.92 Å². The number of carbonyl (C=O) groups is 2. The smallest absolute Gasteiger partial charge is 0.323 e. The molecule has 0 unspecified atom stereocenters. The van der Waals surface area contributed by atoms with E-state index < -0.39 is 5.97 Å². The molecule has 20 heavy (non-hydrogen) atoms. The van der Waals surface area contributed by atoms with Gasteiger partial charge in [0.1, 0.15) is 25.5 Å². The zero-order chi connectivity index (χ0) is 14.8. The number of carbonyl (C=O) groups excluding carboxylic acids is 1. The number of para-hydroxylation sites is 1. The molecule has 0 spiro atoms. The summed E-state index contributed by atoms with van der Waals surface area (Å²) in [6.07, 6.45) is 0. The van der Waals surface area contributed by atoms with Crippen LogP contribution in [-0.2, 0) is 14.3 Å². The molecule has 110 valence electrons. The van der Waals surface area contributed by atoms with Crippen LogP contribution >= 0.6 is 0 Å². The van der Waals surface area contributed by atoms with Crippen LogP contribution in [0.2, 0.25) is 0 Å². The summed E-state index contributed by atoms with van der Waals surface area (Å²) in [5.41, 5.74) is 0. The summed E-state index contributed by atoms with van der Waals surface area (Å²) in [5.74, 6) is -0.634. The molecule has 0 saturated carbocycles. The van der Waals surface area contributed by atoms with Gasteiger partial charge in [0.2, 0.25) is 5.91 Å². The summed E-state index contributed by atoms with van der Waals surface area (Å²) >= 11 is 0. The predicted octanol–water partition coefficient (Wildman–Crippen LogP) is 1.02. The Morgan fingerprint density at radius 1 is 1.20 bits per heavy atom. The minimum Gasteiger partial charge on any atom is -0.491 e. The summed E-state index contributed by atoms with van der Waals surface area (Å²) in [5, 5.41) is 8.64. The third-order valence-electron chi connectivity index (χ3n) is 2.53. The number of hydrogen-bond donors (Lipinski definition) is 1. The van der Waals surface area contributed by atoms with E-state index in [0.29, 0.717) is 13.2 Å². The monoisotopic (exact) mass is 281 g/mol. The fraction of sp³-hybridized carbons (Fsp3) is 0.429. The Morgan fingerprint density at radius 3 is 2.50 bits per heavy atom. The summed E-state index contributed by atoms with van der Waals surface area (Å²) in [7, 11) is 0. The SMILES string of the molecule is CCN(CC(=O)O)C(=O)COCCOc1ccccc1. The van der Waals surface area contributed by atoms with E-state index in [-0.39, 0.29) is 25.7 Å². The molecule has 0 aromatic heterocycles. The Kier molecular flexibility index (Phi) is 7.13. The molecular formula is C14H19NO5. The van der Waals surface area contributed by atoms with Gasteiger partial charge in [-0.15, -0.1) is 0 Å². The van der Waals surface area contributed by atoms with Crippen LogP contribution in [0, 0.1) is 0 Å². The van der Waals surface area contributed by atoms with Gasteiger partial charge in [0.15, 0.2) is 0 Å². The first-order valence-corrected chi connectivity index (χ1v) is 6.38. The first-order valence-electron chi connectivity index (χ1n) is 6.38. The van der Waals surface area contributed by atoms with E-state index in [2.05, 4.69) is 0 Å². The summed E-state index contributed by atoms with van der Waals surface area (Å²) < 4.78 is 10.6. The van der Waals surface area contributed by atoms with E-state index in [1.54, 1.807) is 6.92 Å². The minimum absolute atomic E-state index is 0.140. The molecule has 0 heterocycles. The van der Waals surface area contributed by atoms with Crippen molar-refractivity contribution in [2.75, 3.05) is 32.9 Å². The number of likely N-dealkylation sites (N-methyl/N-ethyl adjacent to an activating group) is 1. The van der Waals surface area contributed by atoms with E-state index in [0.717, 1.165) is 5.75 Å². The van der Waals surface area contributed by atoms with E-state index in [4.69, 9.17) is 14.6 Å². The first-order chi connectivity index (χ1) is 9.63. The average molecular weight is 281 g/mol. The number of nitrogens with zero attached hydrogens (tertiary/aromatic N) is 1. The molecule has 0 aliphatic heterocycles. The number of carboxylic acid groups (broad SMARTS) is 1. The van der Waals surface area contributed by atoms with Gasteiger partial charge in [-0.1, -0.05) is 18.2 Å². The van der Waals surface area contributed by atoms with Gasteiger partial charge in [-0.05, 0) is 19.1 Å². The Labute approximate surface area is 117 Å². The largest absolute Gasteiger partial charge is 0.491 e. The molecule has 0 bridgehead atoms. The highest BCUT2D eigenvalue weighted by Gasteiger charge is 2.14. The lowest BCUT2D eigenvalue weighted by atomic mass is 10.3. The molecule has 1 N–H and O–H groups in total. The number of carboxylic acids is 1. The van der Waals surface area contributed by atoms with Gasteiger partial charge >= 0.3 is 5.97 Å². The van der Waals surface area contributed by atoms with Crippen LogP contribution in [0.5, 0.6) is 5.75 Å². The second-order valence-corrected chi connectivity index (χ2v) is 4.02. The number of amides is 1. The number of ether oxygens (including phenoxy) is 2. The molecule has 6 heteroatoms. The second-order valence-electron chi connectivity index (χ2n) is 4.02. The Morgan fingerprint density at radius 2 is 1.90 bits per heavy atom. The van der Waals surface area contributed by atoms with Gasteiger partial charge in [0, 0.05) is 6.54 Å². The van der Waals surface area contributed by atoms with Crippen molar-refractivity contribution in [3.8, 4) is 5.75 Å². The summed E-state index contributed by atoms with van der Waals surface area (Å²) in [4.78, 5) is 23.4. The molecule has 0 aliphatic carbocycles. The highest BCUT2D eigenvalue weighted by molar-refractivity contribution is 5.82. The average Bonchev–Trinajstić information content (AvgIpc) is 2.45. The maximum atomic E-state index is 11.6. The van der Waals surface area contributed by atoms with Crippen LogP contribution in [0.3, 0.4) is 0 Å².